The van der Waals surface area contributed by atoms with E-state index in [4.69, 9.17) is 9.47 Å². The number of esters is 1. The van der Waals surface area contributed by atoms with Crippen LogP contribution in [-0.4, -0.2) is 43.7 Å². The van der Waals surface area contributed by atoms with E-state index in [2.05, 4.69) is 4.90 Å². The molecule has 0 saturated carbocycles. The molecular weight excluding hydrogens is 302 g/mol. The molecule has 130 valence electrons. The highest BCUT2D eigenvalue weighted by atomic mass is 16.5. The monoisotopic (exact) mass is 329 g/mol. The molecule has 0 amide bonds. The van der Waals surface area contributed by atoms with E-state index < -0.39 is 0 Å². The molecule has 0 aromatic heterocycles. The predicted octanol–water partition coefficient (Wildman–Crippen LogP) is 3.52. The van der Waals surface area contributed by atoms with E-state index in [1.54, 1.807) is 13.2 Å². The molecule has 4 nitrogen and oxygen atoms in total. The first-order valence-electron chi connectivity index (χ1n) is 8.99. The lowest BCUT2D eigenvalue weighted by Gasteiger charge is -2.44. The highest BCUT2D eigenvalue weighted by Crippen LogP contribution is 2.31. The van der Waals surface area contributed by atoms with Gasteiger partial charge in [-0.2, -0.15) is 0 Å². The SMILES string of the molecule is COc1ccc(/C=C/C(=O)OC[C@@H]2CCCN3CCCC[C@H]23)cc1. The summed E-state index contributed by atoms with van der Waals surface area (Å²) in [7, 11) is 1.64. The van der Waals surface area contributed by atoms with Gasteiger partial charge in [-0.1, -0.05) is 18.6 Å². The largest absolute Gasteiger partial charge is 0.497 e. The van der Waals surface area contributed by atoms with Gasteiger partial charge in [0.25, 0.3) is 0 Å². The highest BCUT2D eigenvalue weighted by molar-refractivity contribution is 5.87. The Balaban J connectivity index is 1.48. The molecule has 2 saturated heterocycles. The lowest BCUT2D eigenvalue weighted by Crippen LogP contribution is -2.49. The molecule has 0 bridgehead atoms. The lowest BCUT2D eigenvalue weighted by atomic mass is 9.84. The maximum Gasteiger partial charge on any atom is 0.330 e. The van der Waals surface area contributed by atoms with Crippen molar-refractivity contribution in [1.82, 2.24) is 4.90 Å². The van der Waals surface area contributed by atoms with Crippen molar-refractivity contribution in [1.29, 1.82) is 0 Å². The van der Waals surface area contributed by atoms with Crippen LogP contribution in [0.3, 0.4) is 0 Å². The number of fused-ring (bicyclic) bond motifs is 1. The Kier molecular flexibility index (Phi) is 5.91. The molecule has 0 N–H and O–H groups in total. The average Bonchev–Trinajstić information content (AvgIpc) is 2.65. The van der Waals surface area contributed by atoms with Gasteiger partial charge in [-0.15, -0.1) is 0 Å². The summed E-state index contributed by atoms with van der Waals surface area (Å²) in [6.45, 7) is 2.98. The number of methoxy groups -OCH3 is 1. The number of hydrogen-bond donors (Lipinski definition) is 0. The fraction of sp³-hybridized carbons (Fsp3) is 0.550. The second-order valence-corrected chi connectivity index (χ2v) is 6.74. The average molecular weight is 329 g/mol. The molecule has 2 heterocycles. The first kappa shape index (κ1) is 17.0. The van der Waals surface area contributed by atoms with Crippen molar-refractivity contribution in [2.45, 2.75) is 38.1 Å². The summed E-state index contributed by atoms with van der Waals surface area (Å²) >= 11 is 0. The number of carbonyl (C=O) groups is 1. The predicted molar refractivity (Wildman–Crippen MR) is 94.9 cm³/mol. The standard InChI is InChI=1S/C20H27NO3/c1-23-18-10-7-16(8-11-18)9-12-20(22)24-15-17-5-4-14-21-13-3-2-6-19(17)21/h7-12,17,19H,2-6,13-15H2,1H3/b12-9+/t17-,19+/m0/s1. The zero-order valence-corrected chi connectivity index (χ0v) is 14.4. The molecule has 2 aliphatic heterocycles. The molecule has 3 rings (SSSR count). The summed E-state index contributed by atoms with van der Waals surface area (Å²) < 4.78 is 10.6. The van der Waals surface area contributed by atoms with E-state index in [0.29, 0.717) is 18.6 Å². The molecule has 24 heavy (non-hydrogen) atoms. The number of carbonyl (C=O) groups excluding carboxylic acids is 1. The van der Waals surface area contributed by atoms with Gasteiger partial charge in [-0.05, 0) is 62.5 Å². The smallest absolute Gasteiger partial charge is 0.330 e. The lowest BCUT2D eigenvalue weighted by molar-refractivity contribution is -0.140. The molecule has 0 spiro atoms. The maximum absolute atomic E-state index is 12.0. The number of piperidine rings is 2. The van der Waals surface area contributed by atoms with E-state index in [-0.39, 0.29) is 5.97 Å². The fourth-order valence-corrected chi connectivity index (χ4v) is 3.89. The fourth-order valence-electron chi connectivity index (χ4n) is 3.89. The van der Waals surface area contributed by atoms with E-state index in [1.807, 2.05) is 24.3 Å². The molecule has 4 heteroatoms. The second kappa shape index (κ2) is 8.34. The summed E-state index contributed by atoms with van der Waals surface area (Å²) in [5.74, 6) is 1.06. The third-order valence-electron chi connectivity index (χ3n) is 5.20. The molecule has 0 aliphatic carbocycles. The van der Waals surface area contributed by atoms with Crippen molar-refractivity contribution in [2.75, 3.05) is 26.8 Å². The van der Waals surface area contributed by atoms with Gasteiger partial charge in [0.15, 0.2) is 0 Å². The van der Waals surface area contributed by atoms with E-state index in [1.165, 1.54) is 51.3 Å². The van der Waals surface area contributed by atoms with Gasteiger partial charge < -0.3 is 9.47 Å². The number of nitrogens with zero attached hydrogens (tertiary/aromatic N) is 1. The molecular formula is C20H27NO3. The van der Waals surface area contributed by atoms with Gasteiger partial charge in [0, 0.05) is 18.0 Å². The van der Waals surface area contributed by atoms with Gasteiger partial charge in [0.05, 0.1) is 13.7 Å². The normalized spacial score (nSPS) is 24.5. The first-order chi connectivity index (χ1) is 11.8. The van der Waals surface area contributed by atoms with Crippen molar-refractivity contribution in [3.63, 3.8) is 0 Å². The molecule has 0 radical (unpaired) electrons. The van der Waals surface area contributed by atoms with Crippen molar-refractivity contribution in [2.24, 2.45) is 5.92 Å². The minimum absolute atomic E-state index is 0.251. The second-order valence-electron chi connectivity index (χ2n) is 6.74. The van der Waals surface area contributed by atoms with Crippen molar-refractivity contribution in [3.8, 4) is 5.75 Å². The summed E-state index contributed by atoms with van der Waals surface area (Å²) in [5.41, 5.74) is 0.962. The van der Waals surface area contributed by atoms with Crippen LogP contribution in [-0.2, 0) is 9.53 Å². The van der Waals surface area contributed by atoms with Crippen LogP contribution in [0.2, 0.25) is 0 Å². The molecule has 0 unspecified atom stereocenters. The van der Waals surface area contributed by atoms with Crippen molar-refractivity contribution >= 4 is 12.0 Å². The zero-order chi connectivity index (χ0) is 16.8. The van der Waals surface area contributed by atoms with Crippen LogP contribution in [0.15, 0.2) is 30.3 Å². The summed E-state index contributed by atoms with van der Waals surface area (Å²) in [6.07, 6.45) is 9.58. The van der Waals surface area contributed by atoms with Crippen molar-refractivity contribution < 1.29 is 14.3 Å². The van der Waals surface area contributed by atoms with Crippen LogP contribution in [0.4, 0.5) is 0 Å². The topological polar surface area (TPSA) is 38.8 Å². The first-order valence-corrected chi connectivity index (χ1v) is 8.99. The zero-order valence-electron chi connectivity index (χ0n) is 14.4. The maximum atomic E-state index is 12.0. The van der Waals surface area contributed by atoms with Gasteiger partial charge in [-0.3, -0.25) is 4.90 Å². The van der Waals surface area contributed by atoms with E-state index >= 15 is 0 Å². The van der Waals surface area contributed by atoms with Crippen LogP contribution in [0.1, 0.15) is 37.7 Å². The number of hydrogen-bond acceptors (Lipinski definition) is 4. The Hall–Kier alpha value is -1.81. The molecule has 2 atom stereocenters. The van der Waals surface area contributed by atoms with Gasteiger partial charge in [-0.25, -0.2) is 4.79 Å². The Morgan fingerprint density at radius 3 is 2.75 bits per heavy atom. The molecule has 2 aliphatic rings. The molecule has 1 aromatic rings. The summed E-state index contributed by atoms with van der Waals surface area (Å²) in [6, 6.07) is 8.22. The quantitative estimate of drug-likeness (QED) is 0.612. The molecule has 1 aromatic carbocycles. The van der Waals surface area contributed by atoms with Gasteiger partial charge >= 0.3 is 5.97 Å². The van der Waals surface area contributed by atoms with E-state index in [0.717, 1.165) is 11.3 Å². The Morgan fingerprint density at radius 2 is 1.96 bits per heavy atom. The van der Waals surface area contributed by atoms with Gasteiger partial charge in [0.2, 0.25) is 0 Å². The Labute approximate surface area is 144 Å². The molecule has 2 fully saturated rings. The van der Waals surface area contributed by atoms with Crippen LogP contribution in [0, 0.1) is 5.92 Å². The number of benzene rings is 1. The van der Waals surface area contributed by atoms with Crippen molar-refractivity contribution in [3.05, 3.63) is 35.9 Å². The summed E-state index contributed by atoms with van der Waals surface area (Å²) in [4.78, 5) is 14.6. The van der Waals surface area contributed by atoms with Crippen LogP contribution >= 0.6 is 0 Å². The highest BCUT2D eigenvalue weighted by Gasteiger charge is 2.33. The van der Waals surface area contributed by atoms with Crippen LogP contribution in [0.25, 0.3) is 6.08 Å². The van der Waals surface area contributed by atoms with Gasteiger partial charge in [0.1, 0.15) is 5.75 Å². The van der Waals surface area contributed by atoms with Crippen LogP contribution in [0.5, 0.6) is 5.75 Å². The minimum Gasteiger partial charge on any atom is -0.497 e. The minimum atomic E-state index is -0.251. The Morgan fingerprint density at radius 1 is 1.17 bits per heavy atom. The van der Waals surface area contributed by atoms with E-state index in [9.17, 15) is 4.79 Å². The number of rotatable bonds is 5. The summed E-state index contributed by atoms with van der Waals surface area (Å²) in [5, 5.41) is 0. The third kappa shape index (κ3) is 4.38. The Bertz CT molecular complexity index is 565. The van der Waals surface area contributed by atoms with Crippen LogP contribution < -0.4 is 4.74 Å². The third-order valence-corrected chi connectivity index (χ3v) is 5.20. The number of ether oxygens (including phenoxy) is 2.